The van der Waals surface area contributed by atoms with Gasteiger partial charge in [0, 0.05) is 18.7 Å². The van der Waals surface area contributed by atoms with Gasteiger partial charge >= 0.3 is 0 Å². The predicted molar refractivity (Wildman–Crippen MR) is 121 cm³/mol. The van der Waals surface area contributed by atoms with Gasteiger partial charge in [-0.2, -0.15) is 0 Å². The van der Waals surface area contributed by atoms with Crippen LogP contribution in [-0.2, 0) is 10.5 Å². The maximum Gasteiger partial charge on any atom is 0.262 e. The Morgan fingerprint density at radius 1 is 1.13 bits per heavy atom. The largest absolute Gasteiger partial charge is 0.497 e. The van der Waals surface area contributed by atoms with Gasteiger partial charge in [-0.15, -0.1) is 0 Å². The number of benzene rings is 2. The summed E-state index contributed by atoms with van der Waals surface area (Å²) in [6.07, 6.45) is 0. The molecule has 1 atom stereocenters. The summed E-state index contributed by atoms with van der Waals surface area (Å²) in [4.78, 5) is 17.9. The fraction of sp³-hybridized carbons (Fsp3) is 0.261. The molecule has 8 heteroatoms. The number of hydrogen-bond acceptors (Lipinski definition) is 7. The van der Waals surface area contributed by atoms with Crippen molar-refractivity contribution in [1.82, 2.24) is 14.7 Å². The van der Waals surface area contributed by atoms with Crippen LogP contribution in [0.4, 0.5) is 0 Å². The molecule has 0 aliphatic rings. The second-order valence-electron chi connectivity index (χ2n) is 7.09. The third-order valence-electron chi connectivity index (χ3n) is 4.91. The van der Waals surface area contributed by atoms with Crippen LogP contribution in [0.2, 0.25) is 0 Å². The number of nitrogens with zero attached hydrogens (tertiary/aromatic N) is 3. The average Bonchev–Trinajstić information content (AvgIpc) is 3.27. The Bertz CT molecular complexity index is 1230. The van der Waals surface area contributed by atoms with Gasteiger partial charge in [0.25, 0.3) is 5.56 Å². The average molecular weight is 438 g/mol. The fourth-order valence-electron chi connectivity index (χ4n) is 3.35. The lowest BCUT2D eigenvalue weighted by molar-refractivity contribution is 0.156. The molecule has 2 aromatic carbocycles. The molecule has 4 rings (SSSR count). The van der Waals surface area contributed by atoms with Crippen molar-refractivity contribution in [1.29, 1.82) is 0 Å². The first-order valence-corrected chi connectivity index (χ1v) is 10.8. The minimum Gasteiger partial charge on any atom is -0.497 e. The number of thioether (sulfide) groups is 1. The predicted octanol–water partition coefficient (Wildman–Crippen LogP) is 4.56. The fourth-order valence-corrected chi connectivity index (χ4v) is 4.32. The van der Waals surface area contributed by atoms with Crippen molar-refractivity contribution in [2.45, 2.75) is 23.9 Å². The molecule has 0 spiro atoms. The van der Waals surface area contributed by atoms with E-state index in [1.807, 2.05) is 55.5 Å². The molecule has 31 heavy (non-hydrogen) atoms. The maximum atomic E-state index is 13.1. The van der Waals surface area contributed by atoms with E-state index in [9.17, 15) is 4.79 Å². The molecule has 2 heterocycles. The van der Waals surface area contributed by atoms with Crippen LogP contribution in [0.25, 0.3) is 22.2 Å². The molecule has 0 bridgehead atoms. The molecule has 0 amide bonds. The van der Waals surface area contributed by atoms with Crippen molar-refractivity contribution in [3.8, 4) is 17.0 Å². The summed E-state index contributed by atoms with van der Waals surface area (Å²) in [6, 6.07) is 16.8. The Morgan fingerprint density at radius 2 is 1.90 bits per heavy atom. The molecule has 0 radical (unpaired) electrons. The lowest BCUT2D eigenvalue weighted by atomic mass is 10.1. The summed E-state index contributed by atoms with van der Waals surface area (Å²) >= 11 is 1.44. The Morgan fingerprint density at radius 3 is 2.65 bits per heavy atom. The first kappa shape index (κ1) is 21.1. The topological polar surface area (TPSA) is 79.4 Å². The lowest BCUT2D eigenvalue weighted by Gasteiger charge is -2.18. The second-order valence-corrected chi connectivity index (χ2v) is 8.03. The third-order valence-corrected chi connectivity index (χ3v) is 5.89. The van der Waals surface area contributed by atoms with Crippen LogP contribution in [0.15, 0.2) is 69.1 Å². The summed E-state index contributed by atoms with van der Waals surface area (Å²) < 4.78 is 17.7. The summed E-state index contributed by atoms with van der Waals surface area (Å²) in [7, 11) is 3.26. The molecule has 0 saturated carbocycles. The number of fused-ring (bicyclic) bond motifs is 1. The van der Waals surface area contributed by atoms with Gasteiger partial charge in [0.1, 0.15) is 17.2 Å². The van der Waals surface area contributed by atoms with Gasteiger partial charge in [-0.3, -0.25) is 9.36 Å². The van der Waals surface area contributed by atoms with E-state index in [0.717, 1.165) is 17.0 Å². The molecular weight excluding hydrogens is 414 g/mol. The molecule has 4 aromatic rings. The standard InChI is InChI=1S/C23H23N3O4S/c1-15(13-28-2)26-22(27)19-6-4-5-7-20(19)24-23(26)31-14-18-12-21(25-30-18)16-8-10-17(29-3)11-9-16/h4-12,15H,13-14H2,1-3H3/t15-/m1/s1. The van der Waals surface area contributed by atoms with Gasteiger partial charge < -0.3 is 14.0 Å². The highest BCUT2D eigenvalue weighted by Crippen LogP contribution is 2.27. The van der Waals surface area contributed by atoms with Gasteiger partial charge in [0.2, 0.25) is 0 Å². The molecule has 7 nitrogen and oxygen atoms in total. The van der Waals surface area contributed by atoms with E-state index in [-0.39, 0.29) is 11.6 Å². The summed E-state index contributed by atoms with van der Waals surface area (Å²) in [5.41, 5.74) is 2.28. The molecular formula is C23H23N3O4S. The Balaban J connectivity index is 1.60. The first-order valence-electron chi connectivity index (χ1n) is 9.83. The maximum absolute atomic E-state index is 13.1. The molecule has 0 saturated heterocycles. The van der Waals surface area contributed by atoms with Crippen LogP contribution >= 0.6 is 11.8 Å². The van der Waals surface area contributed by atoms with Gasteiger partial charge in [-0.25, -0.2) is 4.98 Å². The summed E-state index contributed by atoms with van der Waals surface area (Å²) in [6.45, 7) is 2.36. The number of para-hydroxylation sites is 1. The first-order chi connectivity index (χ1) is 15.1. The van der Waals surface area contributed by atoms with Crippen LogP contribution in [0, 0.1) is 0 Å². The second kappa shape index (κ2) is 9.36. The zero-order valence-electron chi connectivity index (χ0n) is 17.6. The highest BCUT2D eigenvalue weighted by Gasteiger charge is 2.17. The summed E-state index contributed by atoms with van der Waals surface area (Å²) in [5, 5.41) is 5.39. The number of rotatable bonds is 8. The van der Waals surface area contributed by atoms with Crippen LogP contribution in [0.3, 0.4) is 0 Å². The van der Waals surface area contributed by atoms with Gasteiger partial charge in [-0.1, -0.05) is 29.1 Å². The van der Waals surface area contributed by atoms with Crippen molar-refractivity contribution < 1.29 is 14.0 Å². The number of ether oxygens (including phenoxy) is 2. The van der Waals surface area contributed by atoms with Crippen molar-refractivity contribution in [2.75, 3.05) is 20.8 Å². The Kier molecular flexibility index (Phi) is 6.39. The lowest BCUT2D eigenvalue weighted by Crippen LogP contribution is -2.28. The Labute approximate surface area is 184 Å². The van der Waals surface area contributed by atoms with E-state index in [0.29, 0.717) is 34.2 Å². The van der Waals surface area contributed by atoms with Gasteiger partial charge in [-0.05, 0) is 43.3 Å². The van der Waals surface area contributed by atoms with E-state index in [1.54, 1.807) is 24.9 Å². The van der Waals surface area contributed by atoms with Crippen molar-refractivity contribution in [3.63, 3.8) is 0 Å². The van der Waals surface area contributed by atoms with E-state index in [1.165, 1.54) is 11.8 Å². The SMILES string of the molecule is COC[C@@H](C)n1c(SCc2cc(-c3ccc(OC)cc3)no2)nc2ccccc2c1=O. The molecule has 2 aromatic heterocycles. The zero-order chi connectivity index (χ0) is 21.8. The molecule has 0 N–H and O–H groups in total. The number of hydrogen-bond donors (Lipinski definition) is 0. The highest BCUT2D eigenvalue weighted by molar-refractivity contribution is 7.98. The molecule has 0 aliphatic heterocycles. The highest BCUT2D eigenvalue weighted by atomic mass is 32.2. The summed E-state index contributed by atoms with van der Waals surface area (Å²) in [5.74, 6) is 1.98. The van der Waals surface area contributed by atoms with E-state index >= 15 is 0 Å². The van der Waals surface area contributed by atoms with Crippen molar-refractivity contribution in [3.05, 3.63) is 70.7 Å². The van der Waals surface area contributed by atoms with E-state index in [4.69, 9.17) is 19.0 Å². The van der Waals surface area contributed by atoms with E-state index in [2.05, 4.69) is 5.16 Å². The van der Waals surface area contributed by atoms with Crippen molar-refractivity contribution in [2.24, 2.45) is 0 Å². The quantitative estimate of drug-likeness (QED) is 0.295. The molecule has 0 aliphatic carbocycles. The molecule has 0 fully saturated rings. The smallest absolute Gasteiger partial charge is 0.262 e. The van der Waals surface area contributed by atoms with Crippen LogP contribution in [-0.4, -0.2) is 35.5 Å². The Hall–Kier alpha value is -3.10. The number of aromatic nitrogens is 3. The molecule has 160 valence electrons. The van der Waals surface area contributed by atoms with Gasteiger partial charge in [0.05, 0.1) is 36.4 Å². The van der Waals surface area contributed by atoms with Gasteiger partial charge in [0.15, 0.2) is 5.16 Å². The number of methoxy groups -OCH3 is 2. The van der Waals surface area contributed by atoms with Crippen LogP contribution in [0.1, 0.15) is 18.7 Å². The monoisotopic (exact) mass is 437 g/mol. The zero-order valence-corrected chi connectivity index (χ0v) is 18.4. The minimum absolute atomic E-state index is 0.0749. The molecule has 0 unspecified atom stereocenters. The van der Waals surface area contributed by atoms with Crippen LogP contribution in [0.5, 0.6) is 5.75 Å². The third kappa shape index (κ3) is 4.50. The normalized spacial score (nSPS) is 12.2. The van der Waals surface area contributed by atoms with Crippen molar-refractivity contribution >= 4 is 22.7 Å². The minimum atomic E-state index is -0.151. The van der Waals surface area contributed by atoms with Crippen LogP contribution < -0.4 is 10.3 Å². The van der Waals surface area contributed by atoms with E-state index < -0.39 is 0 Å².